The molecular formula is C12H17NO. The van der Waals surface area contributed by atoms with Crippen molar-refractivity contribution in [2.24, 2.45) is 5.92 Å². The Kier molecular flexibility index (Phi) is 2.73. The van der Waals surface area contributed by atoms with Crippen LogP contribution in [-0.2, 0) is 6.54 Å². The van der Waals surface area contributed by atoms with Gasteiger partial charge in [-0.25, -0.2) is 0 Å². The van der Waals surface area contributed by atoms with E-state index >= 15 is 0 Å². The Morgan fingerprint density at radius 1 is 1.43 bits per heavy atom. The molecule has 1 saturated heterocycles. The first-order chi connectivity index (χ1) is 6.75. The lowest BCUT2D eigenvalue weighted by atomic mass is 10.2. The van der Waals surface area contributed by atoms with E-state index in [1.54, 1.807) is 6.07 Å². The third-order valence-electron chi connectivity index (χ3n) is 2.89. The lowest BCUT2D eigenvalue weighted by Gasteiger charge is -2.15. The van der Waals surface area contributed by atoms with Gasteiger partial charge in [0, 0.05) is 18.7 Å². The number of hydrogen-bond acceptors (Lipinski definition) is 2. The van der Waals surface area contributed by atoms with Crippen LogP contribution in [0, 0.1) is 5.92 Å². The Labute approximate surface area is 85.2 Å². The molecule has 1 atom stereocenters. The molecule has 0 amide bonds. The molecular weight excluding hydrogens is 174 g/mol. The van der Waals surface area contributed by atoms with Crippen molar-refractivity contribution in [1.29, 1.82) is 0 Å². The summed E-state index contributed by atoms with van der Waals surface area (Å²) >= 11 is 0. The van der Waals surface area contributed by atoms with Crippen molar-refractivity contribution in [3.05, 3.63) is 29.8 Å². The van der Waals surface area contributed by atoms with Crippen molar-refractivity contribution >= 4 is 0 Å². The minimum atomic E-state index is 0.423. The van der Waals surface area contributed by atoms with Gasteiger partial charge in [0.25, 0.3) is 0 Å². The lowest BCUT2D eigenvalue weighted by Crippen LogP contribution is -2.19. The number of phenolic OH excluding ortho intramolecular Hbond substituents is 1. The first kappa shape index (κ1) is 9.53. The van der Waals surface area contributed by atoms with E-state index in [-0.39, 0.29) is 0 Å². The Bertz CT molecular complexity index is 311. The van der Waals surface area contributed by atoms with Crippen LogP contribution in [0.1, 0.15) is 18.9 Å². The summed E-state index contributed by atoms with van der Waals surface area (Å²) in [5.74, 6) is 1.23. The molecule has 1 heterocycles. The smallest absolute Gasteiger partial charge is 0.120 e. The first-order valence-corrected chi connectivity index (χ1v) is 5.25. The highest BCUT2D eigenvalue weighted by molar-refractivity contribution is 5.31. The predicted molar refractivity (Wildman–Crippen MR) is 57.2 cm³/mol. The van der Waals surface area contributed by atoms with Crippen LogP contribution in [0.5, 0.6) is 5.75 Å². The standard InChI is InChI=1S/C12H17NO/c1-10-6-7-13(8-10)9-11-4-2-3-5-12(11)14/h2-5,10,14H,6-9H2,1H3. The molecule has 1 aromatic rings. The summed E-state index contributed by atoms with van der Waals surface area (Å²) in [5.41, 5.74) is 1.04. The van der Waals surface area contributed by atoms with Crippen LogP contribution in [0.3, 0.4) is 0 Å². The van der Waals surface area contributed by atoms with Gasteiger partial charge in [0.1, 0.15) is 5.75 Å². The van der Waals surface area contributed by atoms with Gasteiger partial charge in [-0.2, -0.15) is 0 Å². The van der Waals surface area contributed by atoms with Crippen molar-refractivity contribution in [2.45, 2.75) is 19.9 Å². The molecule has 1 N–H and O–H groups in total. The first-order valence-electron chi connectivity index (χ1n) is 5.25. The Morgan fingerprint density at radius 2 is 2.21 bits per heavy atom. The molecule has 2 rings (SSSR count). The van der Waals surface area contributed by atoms with Crippen LogP contribution < -0.4 is 0 Å². The number of likely N-dealkylation sites (tertiary alicyclic amines) is 1. The maximum Gasteiger partial charge on any atom is 0.120 e. The third-order valence-corrected chi connectivity index (χ3v) is 2.89. The van der Waals surface area contributed by atoms with E-state index in [0.717, 1.165) is 31.1 Å². The summed E-state index contributed by atoms with van der Waals surface area (Å²) < 4.78 is 0. The zero-order chi connectivity index (χ0) is 9.97. The van der Waals surface area contributed by atoms with Crippen molar-refractivity contribution in [3.63, 3.8) is 0 Å². The summed E-state index contributed by atoms with van der Waals surface area (Å²) in [7, 11) is 0. The molecule has 1 unspecified atom stereocenters. The average Bonchev–Trinajstić information content (AvgIpc) is 2.56. The number of aromatic hydroxyl groups is 1. The maximum atomic E-state index is 9.61. The molecule has 0 saturated carbocycles. The van der Waals surface area contributed by atoms with Crippen molar-refractivity contribution < 1.29 is 5.11 Å². The normalized spacial score (nSPS) is 22.8. The second-order valence-corrected chi connectivity index (χ2v) is 4.26. The van der Waals surface area contributed by atoms with Gasteiger partial charge in [-0.15, -0.1) is 0 Å². The highest BCUT2D eigenvalue weighted by Crippen LogP contribution is 2.22. The van der Waals surface area contributed by atoms with Crippen molar-refractivity contribution in [1.82, 2.24) is 4.90 Å². The molecule has 0 bridgehead atoms. The van der Waals surface area contributed by atoms with Crippen LogP contribution >= 0.6 is 0 Å². The van der Waals surface area contributed by atoms with E-state index in [9.17, 15) is 5.11 Å². The van der Waals surface area contributed by atoms with Crippen molar-refractivity contribution in [3.8, 4) is 5.75 Å². The molecule has 0 radical (unpaired) electrons. The van der Waals surface area contributed by atoms with Gasteiger partial charge in [0.2, 0.25) is 0 Å². The molecule has 1 aliphatic heterocycles. The second-order valence-electron chi connectivity index (χ2n) is 4.26. The lowest BCUT2D eigenvalue weighted by molar-refractivity contribution is 0.314. The molecule has 14 heavy (non-hydrogen) atoms. The number of hydrogen-bond donors (Lipinski definition) is 1. The Hall–Kier alpha value is -1.02. The van der Waals surface area contributed by atoms with E-state index in [1.165, 1.54) is 6.42 Å². The molecule has 2 nitrogen and oxygen atoms in total. The molecule has 1 aliphatic rings. The topological polar surface area (TPSA) is 23.5 Å². The molecule has 1 aromatic carbocycles. The fourth-order valence-electron chi connectivity index (χ4n) is 2.06. The summed E-state index contributed by atoms with van der Waals surface area (Å²) in [5, 5.41) is 9.61. The van der Waals surface area contributed by atoms with Gasteiger partial charge >= 0.3 is 0 Å². The molecule has 76 valence electrons. The van der Waals surface area contributed by atoms with Gasteiger partial charge in [-0.1, -0.05) is 25.1 Å². The number of rotatable bonds is 2. The van der Waals surface area contributed by atoms with Crippen LogP contribution in [0.2, 0.25) is 0 Å². The van der Waals surface area contributed by atoms with E-state index < -0.39 is 0 Å². The molecule has 1 fully saturated rings. The zero-order valence-corrected chi connectivity index (χ0v) is 8.61. The SMILES string of the molecule is CC1CCN(Cc2ccccc2O)C1. The minimum Gasteiger partial charge on any atom is -0.508 e. The Morgan fingerprint density at radius 3 is 2.86 bits per heavy atom. The number of para-hydroxylation sites is 1. The predicted octanol–water partition coefficient (Wildman–Crippen LogP) is 2.23. The van der Waals surface area contributed by atoms with E-state index in [2.05, 4.69) is 11.8 Å². The average molecular weight is 191 g/mol. The maximum absolute atomic E-state index is 9.61. The van der Waals surface area contributed by atoms with E-state index in [1.807, 2.05) is 18.2 Å². The van der Waals surface area contributed by atoms with E-state index in [4.69, 9.17) is 0 Å². The van der Waals surface area contributed by atoms with Crippen LogP contribution in [0.15, 0.2) is 24.3 Å². The van der Waals surface area contributed by atoms with Gasteiger partial charge in [-0.3, -0.25) is 4.90 Å². The van der Waals surface area contributed by atoms with E-state index in [0.29, 0.717) is 5.75 Å². The summed E-state index contributed by atoms with van der Waals surface area (Å²) in [6.07, 6.45) is 1.29. The largest absolute Gasteiger partial charge is 0.508 e. The zero-order valence-electron chi connectivity index (χ0n) is 8.61. The minimum absolute atomic E-state index is 0.423. The monoisotopic (exact) mass is 191 g/mol. The molecule has 2 heteroatoms. The molecule has 0 aromatic heterocycles. The molecule has 0 aliphatic carbocycles. The highest BCUT2D eigenvalue weighted by atomic mass is 16.3. The fourth-order valence-corrected chi connectivity index (χ4v) is 2.06. The fraction of sp³-hybridized carbons (Fsp3) is 0.500. The van der Waals surface area contributed by atoms with Gasteiger partial charge in [0.15, 0.2) is 0 Å². The summed E-state index contributed by atoms with van der Waals surface area (Å²) in [4.78, 5) is 2.40. The van der Waals surface area contributed by atoms with Gasteiger partial charge in [-0.05, 0) is 24.9 Å². The summed E-state index contributed by atoms with van der Waals surface area (Å²) in [6.45, 7) is 5.49. The number of benzene rings is 1. The number of nitrogens with zero attached hydrogens (tertiary/aromatic N) is 1. The second kappa shape index (κ2) is 4.01. The highest BCUT2D eigenvalue weighted by Gasteiger charge is 2.18. The number of phenols is 1. The van der Waals surface area contributed by atoms with Gasteiger partial charge < -0.3 is 5.11 Å². The van der Waals surface area contributed by atoms with Crippen LogP contribution in [0.25, 0.3) is 0 Å². The van der Waals surface area contributed by atoms with Crippen molar-refractivity contribution in [2.75, 3.05) is 13.1 Å². The summed E-state index contributed by atoms with van der Waals surface area (Å²) in [6, 6.07) is 7.60. The van der Waals surface area contributed by atoms with Gasteiger partial charge in [0.05, 0.1) is 0 Å². The quantitative estimate of drug-likeness (QED) is 0.775. The van der Waals surface area contributed by atoms with Crippen LogP contribution in [-0.4, -0.2) is 23.1 Å². The Balaban J connectivity index is 2.01. The molecule has 0 spiro atoms. The third kappa shape index (κ3) is 2.07. The van der Waals surface area contributed by atoms with Crippen LogP contribution in [0.4, 0.5) is 0 Å².